The van der Waals surface area contributed by atoms with Crippen LogP contribution in [-0.2, 0) is 14.8 Å². The molecule has 3 rings (SSSR count). The number of sulfonamides is 1. The van der Waals surface area contributed by atoms with Crippen LogP contribution in [0.1, 0.15) is 21.5 Å². The minimum Gasteiger partial charge on any atom is -0.480 e. The minimum atomic E-state index is -3.89. The van der Waals surface area contributed by atoms with Crippen molar-refractivity contribution in [2.24, 2.45) is 4.99 Å². The number of amides is 1. The number of aliphatic imine (C=N–C) groups is 1. The van der Waals surface area contributed by atoms with Crippen molar-refractivity contribution in [2.75, 3.05) is 18.2 Å². The smallest absolute Gasteiger partial charge is 0.328 e. The van der Waals surface area contributed by atoms with Crippen LogP contribution in [0.4, 0.5) is 5.69 Å². The molecular formula is C22H23ClN4O6S. The van der Waals surface area contributed by atoms with Gasteiger partial charge < -0.3 is 20.4 Å². The first-order valence-electron chi connectivity index (χ1n) is 10.0. The van der Waals surface area contributed by atoms with Crippen molar-refractivity contribution in [3.63, 3.8) is 0 Å². The van der Waals surface area contributed by atoms with Crippen LogP contribution in [0, 0.1) is 13.8 Å². The number of carboxylic acid groups (broad SMARTS) is 1. The third-order valence-electron chi connectivity index (χ3n) is 5.00. The summed E-state index contributed by atoms with van der Waals surface area (Å²) in [6.07, 6.45) is 2.98. The molecule has 4 N–H and O–H groups in total. The number of carbonyl (C=O) groups is 2. The van der Waals surface area contributed by atoms with Crippen LogP contribution in [0.3, 0.4) is 0 Å². The van der Waals surface area contributed by atoms with E-state index in [1.54, 1.807) is 43.1 Å². The number of aliphatic hydroxyl groups excluding tert-OH is 1. The molecule has 0 spiro atoms. The highest BCUT2D eigenvalue weighted by Crippen LogP contribution is 2.25. The molecule has 2 aromatic carbocycles. The third kappa shape index (κ3) is 5.74. The van der Waals surface area contributed by atoms with Crippen LogP contribution in [0.5, 0.6) is 0 Å². The fourth-order valence-corrected chi connectivity index (χ4v) is 4.72. The molecule has 1 unspecified atom stereocenters. The van der Waals surface area contributed by atoms with Gasteiger partial charge in [0.2, 0.25) is 0 Å². The van der Waals surface area contributed by atoms with Gasteiger partial charge in [0.1, 0.15) is 6.67 Å². The van der Waals surface area contributed by atoms with E-state index in [0.717, 1.165) is 0 Å². The summed E-state index contributed by atoms with van der Waals surface area (Å²) in [4.78, 5) is 29.1. The zero-order valence-corrected chi connectivity index (χ0v) is 19.9. The van der Waals surface area contributed by atoms with E-state index in [0.29, 0.717) is 21.8 Å². The van der Waals surface area contributed by atoms with Gasteiger partial charge in [-0.25, -0.2) is 13.2 Å². The van der Waals surface area contributed by atoms with Crippen LogP contribution < -0.4 is 14.9 Å². The monoisotopic (exact) mass is 506 g/mol. The Morgan fingerprint density at radius 2 is 1.85 bits per heavy atom. The lowest BCUT2D eigenvalue weighted by Gasteiger charge is -2.23. The van der Waals surface area contributed by atoms with E-state index in [1.165, 1.54) is 24.4 Å². The molecule has 0 aromatic heterocycles. The van der Waals surface area contributed by atoms with Gasteiger partial charge in [-0.15, -0.1) is 0 Å². The lowest BCUT2D eigenvalue weighted by Crippen LogP contribution is -2.43. The highest BCUT2D eigenvalue weighted by molar-refractivity contribution is 7.89. The van der Waals surface area contributed by atoms with Crippen LogP contribution in [0.25, 0.3) is 0 Å². The van der Waals surface area contributed by atoms with Crippen molar-refractivity contribution in [1.29, 1.82) is 0 Å². The van der Waals surface area contributed by atoms with Crippen molar-refractivity contribution in [3.8, 4) is 0 Å². The largest absolute Gasteiger partial charge is 0.480 e. The van der Waals surface area contributed by atoms with E-state index >= 15 is 0 Å². The number of aryl methyl sites for hydroxylation is 2. The summed E-state index contributed by atoms with van der Waals surface area (Å²) in [6, 6.07) is 7.88. The Morgan fingerprint density at radius 1 is 1.18 bits per heavy atom. The zero-order valence-electron chi connectivity index (χ0n) is 18.3. The maximum absolute atomic E-state index is 12.9. The average molecular weight is 507 g/mol. The number of benzene rings is 2. The number of nitrogens with zero attached hydrogens (tertiary/aromatic N) is 2. The van der Waals surface area contributed by atoms with Crippen molar-refractivity contribution in [3.05, 3.63) is 70.0 Å². The molecule has 1 atom stereocenters. The van der Waals surface area contributed by atoms with Gasteiger partial charge in [0.25, 0.3) is 15.9 Å². The fourth-order valence-electron chi connectivity index (χ4n) is 3.16. The summed E-state index contributed by atoms with van der Waals surface area (Å²) in [5.41, 5.74) is 2.21. The van der Waals surface area contributed by atoms with Gasteiger partial charge in [0.15, 0.2) is 6.04 Å². The molecule has 1 aliphatic rings. The fraction of sp³-hybridized carbons (Fsp3) is 0.227. The number of halogens is 1. The van der Waals surface area contributed by atoms with Crippen molar-refractivity contribution >= 4 is 45.4 Å². The van der Waals surface area contributed by atoms with Gasteiger partial charge in [0, 0.05) is 28.7 Å². The summed E-state index contributed by atoms with van der Waals surface area (Å²) in [5.74, 6) is -2.00. The number of hydrogen-bond donors (Lipinski definition) is 4. The maximum atomic E-state index is 12.9. The number of anilines is 1. The van der Waals surface area contributed by atoms with E-state index in [4.69, 9.17) is 21.8 Å². The number of carbonyl (C=O) groups excluding carboxylic acids is 1. The first-order chi connectivity index (χ1) is 16.0. The summed E-state index contributed by atoms with van der Waals surface area (Å²) in [6.45, 7) is 2.87. The van der Waals surface area contributed by atoms with Crippen molar-refractivity contribution < 1.29 is 28.2 Å². The lowest BCUT2D eigenvalue weighted by atomic mass is 10.1. The number of hydrogen-bond acceptors (Lipinski definition) is 7. The minimum absolute atomic E-state index is 0.110. The summed E-state index contributed by atoms with van der Waals surface area (Å²) in [5, 5.41) is 20.7. The molecule has 0 saturated heterocycles. The predicted molar refractivity (Wildman–Crippen MR) is 128 cm³/mol. The summed E-state index contributed by atoms with van der Waals surface area (Å²) in [7, 11) is -3.89. The second kappa shape index (κ2) is 10.2. The zero-order chi connectivity index (χ0) is 25.0. The normalized spacial score (nSPS) is 14.4. The molecule has 180 valence electrons. The molecule has 0 aliphatic carbocycles. The molecule has 0 fully saturated rings. The van der Waals surface area contributed by atoms with Gasteiger partial charge >= 0.3 is 5.97 Å². The van der Waals surface area contributed by atoms with Crippen LogP contribution in [0.2, 0.25) is 5.02 Å². The van der Waals surface area contributed by atoms with Gasteiger partial charge in [-0.1, -0.05) is 11.6 Å². The Labute approximate surface area is 201 Å². The first-order valence-corrected chi connectivity index (χ1v) is 11.9. The molecule has 12 heteroatoms. The van der Waals surface area contributed by atoms with Crippen molar-refractivity contribution in [2.45, 2.75) is 24.8 Å². The van der Waals surface area contributed by atoms with Crippen LogP contribution in [0.15, 0.2) is 58.2 Å². The van der Waals surface area contributed by atoms with E-state index in [2.05, 4.69) is 15.0 Å². The van der Waals surface area contributed by atoms with E-state index in [9.17, 15) is 18.0 Å². The van der Waals surface area contributed by atoms with E-state index in [-0.39, 0.29) is 22.8 Å². The van der Waals surface area contributed by atoms with Gasteiger partial charge in [0.05, 0.1) is 17.2 Å². The Hall–Kier alpha value is -3.41. The molecule has 0 radical (unpaired) electrons. The number of aliphatic hydroxyl groups is 1. The molecule has 1 heterocycles. The first kappa shape index (κ1) is 25.2. The second-order valence-electron chi connectivity index (χ2n) is 7.57. The van der Waals surface area contributed by atoms with Crippen LogP contribution >= 0.6 is 11.6 Å². The standard InChI is InChI=1S/C22H23ClN4O6S/c1-13-8-20(14(2)7-18(13)23)34(32,33)26-16-9-24-12-27(10-16)17-5-3-15(4-6-17)21(29)25-19(11-28)22(30)31/h3-10,19,26,28H,11-12H2,1-2H3,(H,25,29)(H,30,31). The molecule has 0 saturated carbocycles. The topological polar surface area (TPSA) is 148 Å². The number of aliphatic carboxylic acids is 1. The summed E-state index contributed by atoms with van der Waals surface area (Å²) >= 11 is 6.07. The molecular weight excluding hydrogens is 484 g/mol. The Kier molecular flexibility index (Phi) is 7.60. The molecule has 1 amide bonds. The van der Waals surface area contributed by atoms with E-state index < -0.39 is 34.5 Å². The predicted octanol–water partition coefficient (Wildman–Crippen LogP) is 1.80. The Bertz CT molecular complexity index is 1280. The highest BCUT2D eigenvalue weighted by Gasteiger charge is 2.22. The number of rotatable bonds is 8. The molecule has 34 heavy (non-hydrogen) atoms. The second-order valence-corrected chi connectivity index (χ2v) is 9.63. The summed E-state index contributed by atoms with van der Waals surface area (Å²) < 4.78 is 28.4. The van der Waals surface area contributed by atoms with Gasteiger partial charge in [-0.2, -0.15) is 0 Å². The SMILES string of the molecule is Cc1cc(S(=O)(=O)NC2=CN(c3ccc(C(=O)NC(CO)C(=O)O)cc3)CN=C2)c(C)cc1Cl. The third-order valence-corrected chi connectivity index (χ3v) is 6.93. The van der Waals surface area contributed by atoms with Gasteiger partial charge in [-0.3, -0.25) is 14.5 Å². The Balaban J connectivity index is 1.76. The Morgan fingerprint density at radius 3 is 2.47 bits per heavy atom. The van der Waals surface area contributed by atoms with Gasteiger partial charge in [-0.05, 0) is 61.4 Å². The lowest BCUT2D eigenvalue weighted by molar-refractivity contribution is -0.140. The highest BCUT2D eigenvalue weighted by atomic mass is 35.5. The molecule has 0 bridgehead atoms. The maximum Gasteiger partial charge on any atom is 0.328 e. The number of nitrogens with one attached hydrogen (secondary N) is 2. The number of carboxylic acids is 1. The molecule has 2 aromatic rings. The van der Waals surface area contributed by atoms with Crippen LogP contribution in [-0.4, -0.2) is 56.0 Å². The molecule has 10 nitrogen and oxygen atoms in total. The van der Waals surface area contributed by atoms with E-state index in [1.807, 2.05) is 0 Å². The molecule has 1 aliphatic heterocycles. The number of allylic oxidation sites excluding steroid dienone is 1. The average Bonchev–Trinajstić information content (AvgIpc) is 2.79. The quantitative estimate of drug-likeness (QED) is 0.426. The van der Waals surface area contributed by atoms with Crippen molar-refractivity contribution in [1.82, 2.24) is 10.0 Å².